The fourth-order valence-corrected chi connectivity index (χ4v) is 6.46. The van der Waals surface area contributed by atoms with E-state index in [4.69, 9.17) is 16.3 Å². The first-order valence-electron chi connectivity index (χ1n) is 7.45. The molecule has 3 fully saturated rings. The van der Waals surface area contributed by atoms with Gasteiger partial charge in [0.2, 0.25) is 11.8 Å². The molecule has 1 heterocycles. The second-order valence-electron chi connectivity index (χ2n) is 6.33. The van der Waals surface area contributed by atoms with E-state index in [0.717, 1.165) is 6.42 Å². The van der Waals surface area contributed by atoms with Crippen molar-refractivity contribution < 1.29 is 14.3 Å². The molecule has 0 N–H and O–H groups in total. The molecule has 1 aromatic rings. The number of carbonyl (C=O) groups is 2. The van der Waals surface area contributed by atoms with Gasteiger partial charge >= 0.3 is 0 Å². The number of ether oxygens (including phenoxy) is 1. The van der Waals surface area contributed by atoms with E-state index in [1.54, 1.807) is 18.2 Å². The van der Waals surface area contributed by atoms with Gasteiger partial charge in [0.1, 0.15) is 5.75 Å². The van der Waals surface area contributed by atoms with Crippen molar-refractivity contribution in [1.82, 2.24) is 0 Å². The first kappa shape index (κ1) is 15.9. The molecule has 1 aromatic carbocycles. The van der Waals surface area contributed by atoms with Gasteiger partial charge in [-0.2, -0.15) is 0 Å². The standard InChI is InChI=1S/C16H14Br2ClNO3/c1-23-10-3-2-6(19)4-9(10)20-15(21)11-7-5-8(12(11)16(20)22)14(18)13(7)17/h2-4,7-8,11-14H,5H2,1H3/t7-,8-,11-,12+,13-,14+/m1/s1. The maximum atomic E-state index is 13.0. The Balaban J connectivity index is 1.78. The van der Waals surface area contributed by atoms with Crippen LogP contribution in [0.15, 0.2) is 18.2 Å². The van der Waals surface area contributed by atoms with Crippen LogP contribution in [0.3, 0.4) is 0 Å². The normalized spacial score (nSPS) is 38.3. The van der Waals surface area contributed by atoms with E-state index < -0.39 is 0 Å². The predicted octanol–water partition coefficient (Wildman–Crippen LogP) is 3.63. The molecule has 1 saturated heterocycles. The number of benzene rings is 1. The molecule has 1 aliphatic heterocycles. The lowest BCUT2D eigenvalue weighted by molar-refractivity contribution is -0.123. The number of hydrogen-bond acceptors (Lipinski definition) is 3. The van der Waals surface area contributed by atoms with Crippen molar-refractivity contribution in [3.8, 4) is 5.75 Å². The lowest BCUT2D eigenvalue weighted by atomic mass is 9.81. The Hall–Kier alpha value is -0.590. The lowest BCUT2D eigenvalue weighted by Crippen LogP contribution is -2.37. The van der Waals surface area contributed by atoms with Crippen LogP contribution in [0.5, 0.6) is 5.75 Å². The zero-order valence-electron chi connectivity index (χ0n) is 12.2. The van der Waals surface area contributed by atoms with E-state index in [9.17, 15) is 9.59 Å². The number of rotatable bonds is 2. The smallest absolute Gasteiger partial charge is 0.238 e. The monoisotopic (exact) mass is 461 g/mol. The second kappa shape index (κ2) is 5.46. The zero-order valence-corrected chi connectivity index (χ0v) is 16.1. The molecule has 0 spiro atoms. The first-order valence-corrected chi connectivity index (χ1v) is 9.66. The number of imide groups is 1. The maximum absolute atomic E-state index is 13.0. The minimum Gasteiger partial charge on any atom is -0.495 e. The molecule has 2 bridgehead atoms. The Morgan fingerprint density at radius 2 is 1.70 bits per heavy atom. The summed E-state index contributed by atoms with van der Waals surface area (Å²) < 4.78 is 5.32. The highest BCUT2D eigenvalue weighted by atomic mass is 79.9. The van der Waals surface area contributed by atoms with Gasteiger partial charge in [0, 0.05) is 14.7 Å². The molecule has 0 aromatic heterocycles. The molecule has 4 rings (SSSR count). The molecule has 122 valence electrons. The molecule has 2 amide bonds. The van der Waals surface area contributed by atoms with Crippen LogP contribution in [-0.4, -0.2) is 28.6 Å². The lowest BCUT2D eigenvalue weighted by Gasteiger charge is -2.28. The van der Waals surface area contributed by atoms with Crippen LogP contribution in [0.25, 0.3) is 0 Å². The summed E-state index contributed by atoms with van der Waals surface area (Å²) in [6.45, 7) is 0. The Bertz CT molecular complexity index is 681. The molecular weight excluding hydrogens is 449 g/mol. The number of nitrogens with zero attached hydrogens (tertiary/aromatic N) is 1. The van der Waals surface area contributed by atoms with Crippen molar-refractivity contribution in [2.45, 2.75) is 16.1 Å². The van der Waals surface area contributed by atoms with Gasteiger partial charge in [0.15, 0.2) is 0 Å². The Morgan fingerprint density at radius 3 is 2.22 bits per heavy atom. The van der Waals surface area contributed by atoms with Gasteiger partial charge in [-0.15, -0.1) is 0 Å². The topological polar surface area (TPSA) is 46.6 Å². The van der Waals surface area contributed by atoms with Crippen molar-refractivity contribution in [3.63, 3.8) is 0 Å². The fraction of sp³-hybridized carbons (Fsp3) is 0.500. The number of methoxy groups -OCH3 is 1. The summed E-state index contributed by atoms with van der Waals surface area (Å²) in [4.78, 5) is 27.7. The highest BCUT2D eigenvalue weighted by Gasteiger charge is 2.66. The summed E-state index contributed by atoms with van der Waals surface area (Å²) in [6, 6.07) is 4.99. The largest absolute Gasteiger partial charge is 0.495 e. The van der Waals surface area contributed by atoms with E-state index in [1.807, 2.05) is 0 Å². The van der Waals surface area contributed by atoms with E-state index in [1.165, 1.54) is 12.0 Å². The number of amides is 2. The molecule has 2 saturated carbocycles. The number of alkyl halides is 2. The SMILES string of the molecule is COc1ccc(Cl)cc1N1C(=O)[C@@H]2[C@H]3C[C@@H]([C@H](Br)[C@@H]3Br)[C@@H]2C1=O. The third-order valence-electron chi connectivity index (χ3n) is 5.37. The summed E-state index contributed by atoms with van der Waals surface area (Å²) in [5, 5.41) is 0.471. The number of halogens is 3. The van der Waals surface area contributed by atoms with E-state index >= 15 is 0 Å². The van der Waals surface area contributed by atoms with Crippen LogP contribution in [-0.2, 0) is 9.59 Å². The third-order valence-corrected chi connectivity index (χ3v) is 8.81. The van der Waals surface area contributed by atoms with Gasteiger partial charge in [0.05, 0.1) is 24.6 Å². The van der Waals surface area contributed by atoms with Gasteiger partial charge in [-0.3, -0.25) is 9.59 Å². The average Bonchev–Trinajstić information content (AvgIpc) is 3.12. The average molecular weight is 464 g/mol. The van der Waals surface area contributed by atoms with Crippen LogP contribution < -0.4 is 9.64 Å². The van der Waals surface area contributed by atoms with Crippen molar-refractivity contribution in [2.24, 2.45) is 23.7 Å². The summed E-state index contributed by atoms with van der Waals surface area (Å²) >= 11 is 13.4. The van der Waals surface area contributed by atoms with Gasteiger partial charge in [-0.1, -0.05) is 43.5 Å². The van der Waals surface area contributed by atoms with Crippen LogP contribution in [0.4, 0.5) is 5.69 Å². The highest BCUT2D eigenvalue weighted by molar-refractivity contribution is 9.12. The number of carbonyl (C=O) groups excluding carboxylic acids is 2. The van der Waals surface area contributed by atoms with Gasteiger partial charge in [-0.05, 0) is 36.5 Å². The van der Waals surface area contributed by atoms with Crippen molar-refractivity contribution in [1.29, 1.82) is 0 Å². The summed E-state index contributed by atoms with van der Waals surface area (Å²) in [5.74, 6) is 0.133. The fourth-order valence-electron chi connectivity index (χ4n) is 4.42. The van der Waals surface area contributed by atoms with E-state index in [-0.39, 0.29) is 45.1 Å². The second-order valence-corrected chi connectivity index (χ2v) is 8.88. The Labute approximate surface area is 155 Å². The molecule has 7 heteroatoms. The molecule has 4 nitrogen and oxygen atoms in total. The quantitative estimate of drug-likeness (QED) is 0.497. The maximum Gasteiger partial charge on any atom is 0.238 e. The van der Waals surface area contributed by atoms with Gasteiger partial charge in [0.25, 0.3) is 0 Å². The first-order chi connectivity index (χ1) is 11.0. The van der Waals surface area contributed by atoms with Crippen LogP contribution in [0.2, 0.25) is 5.02 Å². The summed E-state index contributed by atoms with van der Waals surface area (Å²) in [7, 11) is 1.52. The minimum atomic E-state index is -0.241. The molecule has 23 heavy (non-hydrogen) atoms. The van der Waals surface area contributed by atoms with Gasteiger partial charge < -0.3 is 4.74 Å². The molecule has 6 atom stereocenters. The number of fused-ring (bicyclic) bond motifs is 5. The van der Waals surface area contributed by atoms with Crippen LogP contribution >= 0.6 is 43.5 Å². The van der Waals surface area contributed by atoms with Crippen LogP contribution in [0, 0.1) is 23.7 Å². The van der Waals surface area contributed by atoms with E-state index in [0.29, 0.717) is 16.5 Å². The molecule has 2 aliphatic carbocycles. The van der Waals surface area contributed by atoms with Crippen LogP contribution in [0.1, 0.15) is 6.42 Å². The number of anilines is 1. The molecule has 0 radical (unpaired) electrons. The summed E-state index contributed by atoms with van der Waals surface area (Å²) in [6.07, 6.45) is 0.916. The van der Waals surface area contributed by atoms with Gasteiger partial charge in [-0.25, -0.2) is 4.90 Å². The minimum absolute atomic E-state index is 0.128. The highest BCUT2D eigenvalue weighted by Crippen LogP contribution is 2.60. The molecule has 0 unspecified atom stereocenters. The number of hydrogen-bond donors (Lipinski definition) is 0. The van der Waals surface area contributed by atoms with Crippen molar-refractivity contribution in [2.75, 3.05) is 12.0 Å². The van der Waals surface area contributed by atoms with E-state index in [2.05, 4.69) is 31.9 Å². The molecule has 3 aliphatic rings. The zero-order chi connectivity index (χ0) is 16.5. The third kappa shape index (κ3) is 2.07. The summed E-state index contributed by atoms with van der Waals surface area (Å²) in [5.41, 5.74) is 0.445. The Morgan fingerprint density at radius 1 is 1.13 bits per heavy atom. The predicted molar refractivity (Wildman–Crippen MR) is 94.5 cm³/mol. The molecular formula is C16H14Br2ClNO3. The van der Waals surface area contributed by atoms with Crippen molar-refractivity contribution >= 4 is 61.0 Å². The Kier molecular flexibility index (Phi) is 3.78. The van der Waals surface area contributed by atoms with Crippen molar-refractivity contribution in [3.05, 3.63) is 23.2 Å².